The average Bonchev–Trinajstić information content (AvgIpc) is 1.99. The lowest BCUT2D eigenvalue weighted by Crippen LogP contribution is -2.41. The summed E-state index contributed by atoms with van der Waals surface area (Å²) in [5.74, 6) is -1.51. The molecule has 4 unspecified atom stereocenters. The second-order valence-corrected chi connectivity index (χ2v) is 3.54. The summed E-state index contributed by atoms with van der Waals surface area (Å²) in [6.07, 6.45) is -1.02. The van der Waals surface area contributed by atoms with Crippen LogP contribution in [0.4, 0.5) is 0 Å². The first-order valence-corrected chi connectivity index (χ1v) is 4.11. The van der Waals surface area contributed by atoms with Gasteiger partial charge in [-0.2, -0.15) is 0 Å². The first kappa shape index (κ1) is 9.48. The van der Waals surface area contributed by atoms with Gasteiger partial charge in [0, 0.05) is 0 Å². The van der Waals surface area contributed by atoms with Gasteiger partial charge in [-0.25, -0.2) is 0 Å². The Morgan fingerprint density at radius 2 is 1.92 bits per heavy atom. The fraction of sp³-hybridized carbons (Fsp3) is 0.875. The van der Waals surface area contributed by atoms with Gasteiger partial charge in [0.2, 0.25) is 0 Å². The summed E-state index contributed by atoms with van der Waals surface area (Å²) in [7, 11) is 0. The van der Waals surface area contributed by atoms with Gasteiger partial charge in [0.25, 0.3) is 0 Å². The van der Waals surface area contributed by atoms with Crippen molar-refractivity contribution in [2.24, 2.45) is 11.8 Å². The molecule has 1 fully saturated rings. The predicted octanol–water partition coefficient (Wildman–Crippen LogP) is -0.161. The van der Waals surface area contributed by atoms with Crippen LogP contribution in [0.15, 0.2) is 0 Å². The molecular weight excluding hydrogens is 160 g/mol. The number of carboxylic acid groups (broad SMARTS) is 1. The lowest BCUT2D eigenvalue weighted by Gasteiger charge is -2.32. The molecular formula is C8H14O4. The van der Waals surface area contributed by atoms with Crippen LogP contribution < -0.4 is 0 Å². The minimum Gasteiger partial charge on any atom is -0.481 e. The van der Waals surface area contributed by atoms with Gasteiger partial charge in [-0.15, -0.1) is 0 Å². The summed E-state index contributed by atoms with van der Waals surface area (Å²) in [5.41, 5.74) is 0. The van der Waals surface area contributed by atoms with Crippen molar-refractivity contribution in [1.82, 2.24) is 0 Å². The highest BCUT2D eigenvalue weighted by Crippen LogP contribution is 2.29. The van der Waals surface area contributed by atoms with Gasteiger partial charge in [0.1, 0.15) is 0 Å². The number of rotatable bonds is 1. The van der Waals surface area contributed by atoms with E-state index < -0.39 is 24.1 Å². The second kappa shape index (κ2) is 3.41. The SMILES string of the molecule is CC1CC(C(=O)O)CC(O)C1O. The van der Waals surface area contributed by atoms with Crippen LogP contribution >= 0.6 is 0 Å². The lowest BCUT2D eigenvalue weighted by atomic mass is 9.79. The van der Waals surface area contributed by atoms with E-state index in [1.807, 2.05) is 0 Å². The first-order chi connectivity index (χ1) is 5.52. The van der Waals surface area contributed by atoms with Gasteiger partial charge in [0.05, 0.1) is 18.1 Å². The number of carbonyl (C=O) groups is 1. The summed E-state index contributed by atoms with van der Waals surface area (Å²) in [4.78, 5) is 10.6. The number of hydrogen-bond donors (Lipinski definition) is 3. The van der Waals surface area contributed by atoms with Crippen molar-refractivity contribution in [3.8, 4) is 0 Å². The quantitative estimate of drug-likeness (QED) is 0.516. The van der Waals surface area contributed by atoms with Crippen LogP contribution in [0, 0.1) is 11.8 Å². The van der Waals surface area contributed by atoms with E-state index in [0.717, 1.165) is 0 Å². The summed E-state index contributed by atoms with van der Waals surface area (Å²) >= 11 is 0. The third-order valence-corrected chi connectivity index (χ3v) is 2.51. The molecule has 0 aromatic rings. The fourth-order valence-corrected chi connectivity index (χ4v) is 1.70. The van der Waals surface area contributed by atoms with Crippen molar-refractivity contribution in [2.45, 2.75) is 32.0 Å². The van der Waals surface area contributed by atoms with Crippen molar-refractivity contribution >= 4 is 5.97 Å². The van der Waals surface area contributed by atoms with Crippen LogP contribution in [0.25, 0.3) is 0 Å². The van der Waals surface area contributed by atoms with Gasteiger partial charge in [-0.1, -0.05) is 6.92 Å². The molecule has 0 aliphatic heterocycles. The number of aliphatic carboxylic acids is 1. The third-order valence-electron chi connectivity index (χ3n) is 2.51. The molecule has 0 spiro atoms. The molecule has 0 aromatic heterocycles. The molecule has 12 heavy (non-hydrogen) atoms. The van der Waals surface area contributed by atoms with E-state index >= 15 is 0 Å². The van der Waals surface area contributed by atoms with Gasteiger partial charge in [0.15, 0.2) is 0 Å². The van der Waals surface area contributed by atoms with Crippen molar-refractivity contribution in [1.29, 1.82) is 0 Å². The molecule has 0 aromatic carbocycles. The minimum absolute atomic E-state index is 0.130. The summed E-state index contributed by atoms with van der Waals surface area (Å²) < 4.78 is 0. The van der Waals surface area contributed by atoms with E-state index in [1.54, 1.807) is 6.92 Å². The molecule has 0 bridgehead atoms. The zero-order valence-corrected chi connectivity index (χ0v) is 6.97. The highest BCUT2D eigenvalue weighted by molar-refractivity contribution is 5.70. The Bertz CT molecular complexity index is 168. The van der Waals surface area contributed by atoms with Crippen molar-refractivity contribution in [3.63, 3.8) is 0 Å². The summed E-state index contributed by atoms with van der Waals surface area (Å²) in [6.45, 7) is 1.75. The maximum atomic E-state index is 10.6. The maximum Gasteiger partial charge on any atom is 0.306 e. The van der Waals surface area contributed by atoms with Crippen LogP contribution in [0.1, 0.15) is 19.8 Å². The molecule has 1 saturated carbocycles. The molecule has 1 aliphatic carbocycles. The number of hydrogen-bond acceptors (Lipinski definition) is 3. The van der Waals surface area contributed by atoms with E-state index in [0.29, 0.717) is 6.42 Å². The van der Waals surface area contributed by atoms with Gasteiger partial charge >= 0.3 is 5.97 Å². The maximum absolute atomic E-state index is 10.6. The Morgan fingerprint density at radius 1 is 1.33 bits per heavy atom. The molecule has 0 heterocycles. The highest BCUT2D eigenvalue weighted by atomic mass is 16.4. The highest BCUT2D eigenvalue weighted by Gasteiger charge is 2.36. The normalized spacial score (nSPS) is 42.6. The van der Waals surface area contributed by atoms with Crippen LogP contribution in [-0.4, -0.2) is 33.5 Å². The number of aliphatic hydroxyl groups excluding tert-OH is 2. The van der Waals surface area contributed by atoms with Crippen molar-refractivity contribution in [3.05, 3.63) is 0 Å². The molecule has 1 rings (SSSR count). The van der Waals surface area contributed by atoms with E-state index in [-0.39, 0.29) is 12.3 Å². The zero-order valence-electron chi connectivity index (χ0n) is 6.97. The van der Waals surface area contributed by atoms with E-state index in [4.69, 9.17) is 5.11 Å². The minimum atomic E-state index is -0.882. The standard InChI is InChI=1S/C8H14O4/c1-4-2-5(8(11)12)3-6(9)7(4)10/h4-7,9-10H,2-3H2,1H3,(H,11,12). The molecule has 0 saturated heterocycles. The van der Waals surface area contributed by atoms with Gasteiger partial charge in [-0.3, -0.25) is 4.79 Å². The molecule has 1 aliphatic rings. The van der Waals surface area contributed by atoms with E-state index in [2.05, 4.69) is 0 Å². The predicted molar refractivity (Wildman–Crippen MR) is 41.5 cm³/mol. The molecule has 4 nitrogen and oxygen atoms in total. The van der Waals surface area contributed by atoms with Crippen molar-refractivity contribution in [2.75, 3.05) is 0 Å². The Balaban J connectivity index is 2.59. The Morgan fingerprint density at radius 3 is 2.33 bits per heavy atom. The number of carboxylic acids is 1. The van der Waals surface area contributed by atoms with E-state index in [1.165, 1.54) is 0 Å². The topological polar surface area (TPSA) is 77.8 Å². The second-order valence-electron chi connectivity index (χ2n) is 3.54. The van der Waals surface area contributed by atoms with Crippen LogP contribution in [-0.2, 0) is 4.79 Å². The van der Waals surface area contributed by atoms with E-state index in [9.17, 15) is 15.0 Å². The van der Waals surface area contributed by atoms with Crippen LogP contribution in [0.3, 0.4) is 0 Å². The monoisotopic (exact) mass is 174 g/mol. The average molecular weight is 174 g/mol. The molecule has 4 atom stereocenters. The number of aliphatic hydroxyl groups is 2. The first-order valence-electron chi connectivity index (χ1n) is 4.11. The largest absolute Gasteiger partial charge is 0.481 e. The Hall–Kier alpha value is -0.610. The molecule has 3 N–H and O–H groups in total. The third kappa shape index (κ3) is 1.76. The molecule has 0 radical (unpaired) electrons. The molecule has 0 amide bonds. The summed E-state index contributed by atoms with van der Waals surface area (Å²) in [6, 6.07) is 0. The summed E-state index contributed by atoms with van der Waals surface area (Å²) in [5, 5.41) is 27.2. The molecule has 70 valence electrons. The molecule has 4 heteroatoms. The lowest BCUT2D eigenvalue weighted by molar-refractivity contribution is -0.148. The Labute approximate surface area is 70.8 Å². The van der Waals surface area contributed by atoms with Gasteiger partial charge < -0.3 is 15.3 Å². The van der Waals surface area contributed by atoms with Crippen LogP contribution in [0.5, 0.6) is 0 Å². The zero-order chi connectivity index (χ0) is 9.30. The Kier molecular flexibility index (Phi) is 2.69. The van der Waals surface area contributed by atoms with Crippen LogP contribution in [0.2, 0.25) is 0 Å². The fourth-order valence-electron chi connectivity index (χ4n) is 1.70. The smallest absolute Gasteiger partial charge is 0.306 e. The van der Waals surface area contributed by atoms with Gasteiger partial charge in [-0.05, 0) is 18.8 Å². The van der Waals surface area contributed by atoms with Crippen molar-refractivity contribution < 1.29 is 20.1 Å².